The van der Waals surface area contributed by atoms with Gasteiger partial charge in [0.1, 0.15) is 18.7 Å². The van der Waals surface area contributed by atoms with Crippen molar-refractivity contribution in [3.8, 4) is 0 Å². The van der Waals surface area contributed by atoms with Crippen molar-refractivity contribution in [3.63, 3.8) is 0 Å². The van der Waals surface area contributed by atoms with Crippen molar-refractivity contribution in [1.82, 2.24) is 14.7 Å². The normalized spacial score (nSPS) is 24.2. The van der Waals surface area contributed by atoms with Crippen molar-refractivity contribution >= 4 is 35.3 Å². The molecule has 10 nitrogen and oxygen atoms in total. The van der Waals surface area contributed by atoms with Crippen molar-refractivity contribution in [3.05, 3.63) is 29.3 Å². The molecule has 0 spiro atoms. The first-order valence-corrected chi connectivity index (χ1v) is 10.3. The Labute approximate surface area is 178 Å². The Balaban J connectivity index is 1.43. The number of nitrogen functional groups attached to an aromatic ring is 1. The van der Waals surface area contributed by atoms with E-state index in [0.717, 1.165) is 22.8 Å². The molecule has 31 heavy (non-hydrogen) atoms. The Morgan fingerprint density at radius 1 is 1.13 bits per heavy atom. The van der Waals surface area contributed by atoms with Crippen molar-refractivity contribution in [1.29, 1.82) is 0 Å². The average molecular weight is 428 g/mol. The molecule has 2 saturated heterocycles. The predicted molar refractivity (Wildman–Crippen MR) is 108 cm³/mol. The number of hydrogen-bond donors (Lipinski definition) is 1. The standard InChI is InChI=1S/C21H24N4O6/c1-23-8-2-3-16(23)21(30)31-10-9-24-17(26)7-6-15(20(24)29)25-18(27)13-5-4-12(22)11-14(13)19(25)28/h4-5,11,15-16H,2-3,6-10,22H2,1H3/t15?,16-/m0/s1. The SMILES string of the molecule is CN1CCC[C@H]1C(=O)OCCN1C(=O)CCC(N2C(=O)c3ccc(N)cc3C2=O)C1=O. The van der Waals surface area contributed by atoms with Gasteiger partial charge < -0.3 is 10.5 Å². The number of likely N-dealkylation sites (N-methyl/N-ethyl adjacent to an activating group) is 1. The maximum atomic E-state index is 13.0. The molecule has 4 amide bonds. The lowest BCUT2D eigenvalue weighted by Gasteiger charge is -2.34. The van der Waals surface area contributed by atoms with E-state index < -0.39 is 29.7 Å². The van der Waals surface area contributed by atoms with Gasteiger partial charge in [-0.25, -0.2) is 0 Å². The number of likely N-dealkylation sites (tertiary alicyclic amines) is 2. The summed E-state index contributed by atoms with van der Waals surface area (Å²) in [5, 5.41) is 0. The molecule has 2 fully saturated rings. The number of benzene rings is 1. The highest BCUT2D eigenvalue weighted by Gasteiger charge is 2.47. The fraction of sp³-hybridized carbons (Fsp3) is 0.476. The van der Waals surface area contributed by atoms with Crippen LogP contribution in [0.4, 0.5) is 5.69 Å². The summed E-state index contributed by atoms with van der Waals surface area (Å²) < 4.78 is 5.27. The lowest BCUT2D eigenvalue weighted by molar-refractivity contribution is -0.157. The summed E-state index contributed by atoms with van der Waals surface area (Å²) in [6.07, 6.45) is 1.68. The van der Waals surface area contributed by atoms with Crippen LogP contribution in [-0.2, 0) is 19.1 Å². The van der Waals surface area contributed by atoms with Crippen LogP contribution in [0.1, 0.15) is 46.4 Å². The van der Waals surface area contributed by atoms with Gasteiger partial charge in [0, 0.05) is 12.1 Å². The maximum Gasteiger partial charge on any atom is 0.323 e. The number of hydrogen-bond acceptors (Lipinski definition) is 8. The first kappa shape index (κ1) is 21.0. The largest absolute Gasteiger partial charge is 0.463 e. The molecule has 3 aliphatic rings. The van der Waals surface area contributed by atoms with Crippen LogP contribution in [0.2, 0.25) is 0 Å². The van der Waals surface area contributed by atoms with Crippen LogP contribution >= 0.6 is 0 Å². The number of imide groups is 2. The molecule has 0 bridgehead atoms. The molecule has 10 heteroatoms. The summed E-state index contributed by atoms with van der Waals surface area (Å²) in [6, 6.07) is 2.99. The van der Waals surface area contributed by atoms with Gasteiger partial charge in [-0.05, 0) is 51.1 Å². The molecule has 164 valence electrons. The monoisotopic (exact) mass is 428 g/mol. The molecule has 2 N–H and O–H groups in total. The van der Waals surface area contributed by atoms with Crippen LogP contribution in [0.3, 0.4) is 0 Å². The Morgan fingerprint density at radius 3 is 2.58 bits per heavy atom. The Kier molecular flexibility index (Phi) is 5.48. The van der Waals surface area contributed by atoms with E-state index in [2.05, 4.69) is 0 Å². The van der Waals surface area contributed by atoms with Gasteiger partial charge in [-0.15, -0.1) is 0 Å². The molecule has 0 saturated carbocycles. The maximum absolute atomic E-state index is 13.0. The number of esters is 1. The quantitative estimate of drug-likeness (QED) is 0.395. The number of rotatable bonds is 5. The van der Waals surface area contributed by atoms with E-state index in [1.807, 2.05) is 11.9 Å². The minimum Gasteiger partial charge on any atom is -0.463 e. The van der Waals surface area contributed by atoms with Crippen LogP contribution in [0.15, 0.2) is 18.2 Å². The third-order valence-electron chi connectivity index (χ3n) is 6.09. The first-order chi connectivity index (χ1) is 14.8. The second-order valence-corrected chi connectivity index (χ2v) is 8.03. The zero-order valence-electron chi connectivity index (χ0n) is 17.2. The Morgan fingerprint density at radius 2 is 1.87 bits per heavy atom. The summed E-state index contributed by atoms with van der Waals surface area (Å²) in [6.45, 7) is 0.564. The molecule has 0 aliphatic carbocycles. The summed E-state index contributed by atoms with van der Waals surface area (Å²) in [4.78, 5) is 66.9. The molecule has 1 unspecified atom stereocenters. The highest BCUT2D eigenvalue weighted by atomic mass is 16.5. The Hall–Kier alpha value is -3.27. The van der Waals surface area contributed by atoms with E-state index in [4.69, 9.17) is 10.5 Å². The summed E-state index contributed by atoms with van der Waals surface area (Å²) in [7, 11) is 1.84. The van der Waals surface area contributed by atoms with Gasteiger partial charge >= 0.3 is 5.97 Å². The van der Waals surface area contributed by atoms with Gasteiger partial charge in [-0.1, -0.05) is 0 Å². The summed E-state index contributed by atoms with van der Waals surface area (Å²) in [5.74, 6) is -2.63. The Bertz CT molecular complexity index is 977. The van der Waals surface area contributed by atoms with E-state index in [1.54, 1.807) is 0 Å². The van der Waals surface area contributed by atoms with E-state index >= 15 is 0 Å². The molecule has 0 radical (unpaired) electrons. The molecular formula is C21H24N4O6. The van der Waals surface area contributed by atoms with Crippen LogP contribution < -0.4 is 5.73 Å². The topological polar surface area (TPSA) is 130 Å². The summed E-state index contributed by atoms with van der Waals surface area (Å²) in [5.41, 5.74) is 6.39. The van der Waals surface area contributed by atoms with Crippen molar-refractivity contribution in [2.75, 3.05) is 32.5 Å². The van der Waals surface area contributed by atoms with Gasteiger partial charge in [-0.2, -0.15) is 0 Å². The highest BCUT2D eigenvalue weighted by Crippen LogP contribution is 2.30. The fourth-order valence-electron chi connectivity index (χ4n) is 4.40. The lowest BCUT2D eigenvalue weighted by Crippen LogP contribution is -2.56. The lowest BCUT2D eigenvalue weighted by atomic mass is 10.0. The van der Waals surface area contributed by atoms with E-state index in [-0.39, 0.29) is 49.1 Å². The number of amides is 4. The van der Waals surface area contributed by atoms with Crippen LogP contribution in [0.5, 0.6) is 0 Å². The number of ether oxygens (including phenoxy) is 1. The molecule has 3 heterocycles. The molecule has 2 atom stereocenters. The number of carbonyl (C=O) groups excluding carboxylic acids is 5. The zero-order chi connectivity index (χ0) is 22.3. The van der Waals surface area contributed by atoms with E-state index in [1.165, 1.54) is 18.2 Å². The first-order valence-electron chi connectivity index (χ1n) is 10.3. The van der Waals surface area contributed by atoms with Crippen LogP contribution in [0, 0.1) is 0 Å². The molecule has 1 aromatic carbocycles. The fourth-order valence-corrected chi connectivity index (χ4v) is 4.40. The smallest absolute Gasteiger partial charge is 0.323 e. The molecular weight excluding hydrogens is 404 g/mol. The average Bonchev–Trinajstić information content (AvgIpc) is 3.26. The van der Waals surface area contributed by atoms with E-state index in [0.29, 0.717) is 12.1 Å². The van der Waals surface area contributed by atoms with Gasteiger partial charge in [0.15, 0.2) is 0 Å². The van der Waals surface area contributed by atoms with Gasteiger partial charge in [0.25, 0.3) is 17.7 Å². The minimum absolute atomic E-state index is 0.00522. The van der Waals surface area contributed by atoms with Crippen molar-refractivity contribution < 1.29 is 28.7 Å². The number of nitrogens with zero attached hydrogens (tertiary/aromatic N) is 3. The predicted octanol–water partition coefficient (Wildman–Crippen LogP) is 0.0198. The number of anilines is 1. The third-order valence-corrected chi connectivity index (χ3v) is 6.09. The van der Waals surface area contributed by atoms with Crippen LogP contribution in [0.25, 0.3) is 0 Å². The number of carbonyl (C=O) groups is 5. The van der Waals surface area contributed by atoms with Gasteiger partial charge in [0.2, 0.25) is 5.91 Å². The van der Waals surface area contributed by atoms with Gasteiger partial charge in [-0.3, -0.25) is 38.7 Å². The van der Waals surface area contributed by atoms with Gasteiger partial charge in [0.05, 0.1) is 17.7 Å². The number of fused-ring (bicyclic) bond motifs is 1. The second kappa shape index (κ2) is 8.10. The number of nitrogens with two attached hydrogens (primary N) is 1. The van der Waals surface area contributed by atoms with Crippen LogP contribution in [-0.4, -0.2) is 83.1 Å². The molecule has 0 aromatic heterocycles. The van der Waals surface area contributed by atoms with Crippen molar-refractivity contribution in [2.24, 2.45) is 0 Å². The zero-order valence-corrected chi connectivity index (χ0v) is 17.2. The van der Waals surface area contributed by atoms with Crippen molar-refractivity contribution in [2.45, 2.75) is 37.8 Å². The molecule has 1 aromatic rings. The molecule has 3 aliphatic heterocycles. The summed E-state index contributed by atoms with van der Waals surface area (Å²) >= 11 is 0. The highest BCUT2D eigenvalue weighted by molar-refractivity contribution is 6.23. The molecule has 4 rings (SSSR count). The minimum atomic E-state index is -1.08. The van der Waals surface area contributed by atoms with E-state index in [9.17, 15) is 24.0 Å². The second-order valence-electron chi connectivity index (χ2n) is 8.03. The third kappa shape index (κ3) is 3.67. The number of piperidine rings is 1.